The number of nitrogens with zero attached hydrogens (tertiary/aromatic N) is 2. The third-order valence-corrected chi connectivity index (χ3v) is 3.23. The smallest absolute Gasteiger partial charge is 0.224 e. The van der Waals surface area contributed by atoms with Crippen molar-refractivity contribution in [3.8, 4) is 12.3 Å². The summed E-state index contributed by atoms with van der Waals surface area (Å²) in [6.07, 6.45) is 5.82. The number of H-pyrrole nitrogens is 1. The van der Waals surface area contributed by atoms with Gasteiger partial charge in [-0.3, -0.25) is 4.79 Å². The van der Waals surface area contributed by atoms with Gasteiger partial charge in [-0.25, -0.2) is 4.98 Å². The number of fused-ring (bicyclic) bond motifs is 1. The van der Waals surface area contributed by atoms with E-state index in [0.29, 0.717) is 19.5 Å². The van der Waals surface area contributed by atoms with Gasteiger partial charge in [0.05, 0.1) is 17.6 Å². The van der Waals surface area contributed by atoms with E-state index >= 15 is 0 Å². The molecule has 1 atom stereocenters. The van der Waals surface area contributed by atoms with Crippen molar-refractivity contribution in [2.75, 3.05) is 6.54 Å². The molecule has 1 unspecified atom stereocenters. The minimum absolute atomic E-state index is 0.0434. The first-order valence-electron chi connectivity index (χ1n) is 5.94. The Kier molecular flexibility index (Phi) is 2.52. The number of carbonyl (C=O) groups excluding carboxylic acids is 1. The van der Waals surface area contributed by atoms with Crippen molar-refractivity contribution in [3.63, 3.8) is 0 Å². The van der Waals surface area contributed by atoms with Gasteiger partial charge < -0.3 is 9.88 Å². The molecule has 1 N–H and O–H groups in total. The monoisotopic (exact) mass is 239 g/mol. The first kappa shape index (κ1) is 10.8. The van der Waals surface area contributed by atoms with Crippen molar-refractivity contribution in [3.05, 3.63) is 30.1 Å². The van der Waals surface area contributed by atoms with Gasteiger partial charge in [0, 0.05) is 18.9 Å². The fraction of sp³-hybridized carbons (Fsp3) is 0.286. The summed E-state index contributed by atoms with van der Waals surface area (Å²) in [5, 5.41) is 0. The SMILES string of the molecule is C#CC1CC(=O)N(Cc2nc3ccccc3[nH]2)C1. The van der Waals surface area contributed by atoms with Crippen LogP contribution < -0.4 is 0 Å². The molecule has 0 radical (unpaired) electrons. The predicted molar refractivity (Wildman–Crippen MR) is 68.5 cm³/mol. The second kappa shape index (κ2) is 4.19. The Morgan fingerprint density at radius 2 is 2.33 bits per heavy atom. The van der Waals surface area contributed by atoms with E-state index in [4.69, 9.17) is 6.42 Å². The lowest BCUT2D eigenvalue weighted by molar-refractivity contribution is -0.128. The number of imidazole rings is 1. The van der Waals surface area contributed by atoms with E-state index in [-0.39, 0.29) is 11.8 Å². The number of carbonyl (C=O) groups is 1. The third-order valence-electron chi connectivity index (χ3n) is 3.23. The molecule has 2 heterocycles. The second-order valence-electron chi connectivity index (χ2n) is 4.54. The molecule has 1 fully saturated rings. The quantitative estimate of drug-likeness (QED) is 0.808. The molecule has 1 amide bonds. The molecule has 0 saturated carbocycles. The molecule has 1 saturated heterocycles. The largest absolute Gasteiger partial charge is 0.340 e. The van der Waals surface area contributed by atoms with Crippen LogP contribution in [0, 0.1) is 18.3 Å². The number of rotatable bonds is 2. The van der Waals surface area contributed by atoms with E-state index in [1.807, 2.05) is 24.3 Å². The molecule has 0 bridgehead atoms. The summed E-state index contributed by atoms with van der Waals surface area (Å²) < 4.78 is 0. The van der Waals surface area contributed by atoms with Crippen LogP contribution in [-0.2, 0) is 11.3 Å². The molecule has 4 nitrogen and oxygen atoms in total. The first-order chi connectivity index (χ1) is 8.76. The van der Waals surface area contributed by atoms with Crippen molar-refractivity contribution >= 4 is 16.9 Å². The molecule has 3 rings (SSSR count). The third kappa shape index (κ3) is 1.84. The molecule has 90 valence electrons. The van der Waals surface area contributed by atoms with Gasteiger partial charge in [-0.05, 0) is 12.1 Å². The van der Waals surface area contributed by atoms with Crippen LogP contribution in [0.15, 0.2) is 24.3 Å². The number of benzene rings is 1. The zero-order valence-electron chi connectivity index (χ0n) is 9.89. The second-order valence-corrected chi connectivity index (χ2v) is 4.54. The topological polar surface area (TPSA) is 49.0 Å². The maximum atomic E-state index is 11.8. The molecule has 0 aliphatic carbocycles. The maximum absolute atomic E-state index is 11.8. The van der Waals surface area contributed by atoms with Crippen molar-refractivity contribution in [1.82, 2.24) is 14.9 Å². The summed E-state index contributed by atoms with van der Waals surface area (Å²) in [4.78, 5) is 21.2. The van der Waals surface area contributed by atoms with E-state index in [1.54, 1.807) is 4.90 Å². The lowest BCUT2D eigenvalue weighted by Gasteiger charge is -2.13. The van der Waals surface area contributed by atoms with Gasteiger partial charge in [0.15, 0.2) is 0 Å². The number of likely N-dealkylation sites (tertiary alicyclic amines) is 1. The Hall–Kier alpha value is -2.28. The van der Waals surface area contributed by atoms with E-state index in [0.717, 1.165) is 16.9 Å². The zero-order valence-corrected chi connectivity index (χ0v) is 9.89. The number of hydrogen-bond acceptors (Lipinski definition) is 2. The molecule has 18 heavy (non-hydrogen) atoms. The highest BCUT2D eigenvalue weighted by Crippen LogP contribution is 2.19. The molecular formula is C14H13N3O. The molecule has 2 aromatic rings. The van der Waals surface area contributed by atoms with Gasteiger partial charge in [0.1, 0.15) is 5.82 Å². The van der Waals surface area contributed by atoms with Gasteiger partial charge in [-0.15, -0.1) is 12.3 Å². The van der Waals surface area contributed by atoms with Crippen LogP contribution in [0.1, 0.15) is 12.2 Å². The van der Waals surface area contributed by atoms with E-state index in [1.165, 1.54) is 0 Å². The van der Waals surface area contributed by atoms with Gasteiger partial charge in [-0.2, -0.15) is 0 Å². The fourth-order valence-corrected chi connectivity index (χ4v) is 2.30. The average Bonchev–Trinajstić information content (AvgIpc) is 2.93. The molecule has 4 heteroatoms. The fourth-order valence-electron chi connectivity index (χ4n) is 2.30. The number of aromatic amines is 1. The van der Waals surface area contributed by atoms with E-state index in [2.05, 4.69) is 15.9 Å². The van der Waals surface area contributed by atoms with E-state index < -0.39 is 0 Å². The maximum Gasteiger partial charge on any atom is 0.224 e. The minimum atomic E-state index is 0.0434. The lowest BCUT2D eigenvalue weighted by atomic mass is 10.1. The number of terminal acetylenes is 1. The van der Waals surface area contributed by atoms with Crippen LogP contribution in [0.4, 0.5) is 0 Å². The number of amides is 1. The lowest BCUT2D eigenvalue weighted by Crippen LogP contribution is -2.25. The molecule has 1 aromatic heterocycles. The van der Waals surface area contributed by atoms with Crippen LogP contribution in [0.25, 0.3) is 11.0 Å². The summed E-state index contributed by atoms with van der Waals surface area (Å²) >= 11 is 0. The Morgan fingerprint density at radius 3 is 3.06 bits per heavy atom. The van der Waals surface area contributed by atoms with Crippen LogP contribution in [0.5, 0.6) is 0 Å². The minimum Gasteiger partial charge on any atom is -0.340 e. The highest BCUT2D eigenvalue weighted by atomic mass is 16.2. The number of nitrogens with one attached hydrogen (secondary N) is 1. The summed E-state index contributed by atoms with van der Waals surface area (Å²) in [6, 6.07) is 7.83. The molecular weight excluding hydrogens is 226 g/mol. The standard InChI is InChI=1S/C14H13N3O/c1-2-10-7-14(18)17(8-10)9-13-15-11-5-3-4-6-12(11)16-13/h1,3-6,10H,7-9H2,(H,15,16). The Bertz CT molecular complexity index is 605. The van der Waals surface area contributed by atoms with Crippen molar-refractivity contribution in [1.29, 1.82) is 0 Å². The summed E-state index contributed by atoms with van der Waals surface area (Å²) in [5.74, 6) is 3.60. The molecule has 1 aromatic carbocycles. The number of hydrogen-bond donors (Lipinski definition) is 1. The van der Waals surface area contributed by atoms with E-state index in [9.17, 15) is 4.79 Å². The van der Waals surface area contributed by atoms with Crippen molar-refractivity contribution in [2.24, 2.45) is 5.92 Å². The van der Waals surface area contributed by atoms with Gasteiger partial charge >= 0.3 is 0 Å². The van der Waals surface area contributed by atoms with Gasteiger partial charge in [0.25, 0.3) is 0 Å². The van der Waals surface area contributed by atoms with Crippen LogP contribution in [0.2, 0.25) is 0 Å². The normalized spacial score (nSPS) is 19.4. The number of para-hydroxylation sites is 2. The Morgan fingerprint density at radius 1 is 1.50 bits per heavy atom. The van der Waals surface area contributed by atoms with Crippen molar-refractivity contribution < 1.29 is 4.79 Å². The van der Waals surface area contributed by atoms with Gasteiger partial charge in [0.2, 0.25) is 5.91 Å². The highest BCUT2D eigenvalue weighted by Gasteiger charge is 2.28. The molecule has 1 aliphatic rings. The summed E-state index contributed by atoms with van der Waals surface area (Å²) in [6.45, 7) is 1.14. The Labute approximate surface area is 105 Å². The Balaban J connectivity index is 1.81. The first-order valence-corrected chi connectivity index (χ1v) is 5.94. The van der Waals surface area contributed by atoms with Crippen LogP contribution >= 0.6 is 0 Å². The van der Waals surface area contributed by atoms with Crippen LogP contribution in [0.3, 0.4) is 0 Å². The van der Waals surface area contributed by atoms with Crippen LogP contribution in [-0.4, -0.2) is 27.3 Å². The molecule has 0 spiro atoms. The summed E-state index contributed by atoms with van der Waals surface area (Å²) in [7, 11) is 0. The molecule has 1 aliphatic heterocycles. The summed E-state index contributed by atoms with van der Waals surface area (Å²) in [5.41, 5.74) is 1.92. The predicted octanol–water partition coefficient (Wildman–Crippen LogP) is 1.54. The average molecular weight is 239 g/mol. The highest BCUT2D eigenvalue weighted by molar-refractivity contribution is 5.79. The number of aromatic nitrogens is 2. The van der Waals surface area contributed by atoms with Gasteiger partial charge in [-0.1, -0.05) is 12.1 Å². The zero-order chi connectivity index (χ0) is 12.5. The van der Waals surface area contributed by atoms with Crippen molar-refractivity contribution in [2.45, 2.75) is 13.0 Å².